The van der Waals surface area contributed by atoms with Crippen molar-refractivity contribution in [1.82, 2.24) is 14.6 Å². The minimum Gasteiger partial charge on any atom is -0.490 e. The monoisotopic (exact) mass is 467 g/mol. The molecular formula is C23H22F5N3O2. The Hall–Kier alpha value is -2.75. The summed E-state index contributed by atoms with van der Waals surface area (Å²) >= 11 is 0. The van der Waals surface area contributed by atoms with E-state index in [0.717, 1.165) is 5.56 Å². The summed E-state index contributed by atoms with van der Waals surface area (Å²) in [5, 5.41) is 7.53. The molecule has 0 spiro atoms. The zero-order valence-corrected chi connectivity index (χ0v) is 17.8. The number of alkyl halides is 4. The van der Waals surface area contributed by atoms with Crippen molar-refractivity contribution in [3.8, 4) is 5.75 Å². The molecule has 5 rings (SSSR count). The lowest BCUT2D eigenvalue weighted by Crippen LogP contribution is -2.37. The van der Waals surface area contributed by atoms with Gasteiger partial charge in [0.05, 0.1) is 17.6 Å². The van der Waals surface area contributed by atoms with Gasteiger partial charge in [-0.3, -0.25) is 4.40 Å². The first-order chi connectivity index (χ1) is 15.7. The Morgan fingerprint density at radius 3 is 2.30 bits per heavy atom. The van der Waals surface area contributed by atoms with Crippen LogP contribution in [0.5, 0.6) is 5.75 Å². The van der Waals surface area contributed by atoms with Crippen molar-refractivity contribution in [2.45, 2.75) is 62.1 Å². The van der Waals surface area contributed by atoms with Crippen molar-refractivity contribution in [1.29, 1.82) is 0 Å². The number of fused-ring (bicyclic) bond motifs is 1. The highest BCUT2D eigenvalue weighted by atomic mass is 19.4. The zero-order chi connectivity index (χ0) is 23.4. The summed E-state index contributed by atoms with van der Waals surface area (Å²) in [7, 11) is 1.57. The van der Waals surface area contributed by atoms with Crippen LogP contribution in [0.2, 0.25) is 0 Å². The number of hydrogen-bond donors (Lipinski definition) is 0. The second-order valence-corrected chi connectivity index (χ2v) is 8.69. The Morgan fingerprint density at radius 1 is 1.06 bits per heavy atom. The first-order valence-corrected chi connectivity index (χ1v) is 10.8. The molecule has 176 valence electrons. The summed E-state index contributed by atoms with van der Waals surface area (Å²) in [6.07, 6.45) is -2.71. The average molecular weight is 467 g/mol. The van der Waals surface area contributed by atoms with E-state index in [1.807, 2.05) is 0 Å². The van der Waals surface area contributed by atoms with Crippen LogP contribution < -0.4 is 4.74 Å². The van der Waals surface area contributed by atoms with Crippen LogP contribution in [0.3, 0.4) is 0 Å². The van der Waals surface area contributed by atoms with E-state index >= 15 is 0 Å². The first kappa shape index (κ1) is 22.1. The molecule has 1 aromatic carbocycles. The van der Waals surface area contributed by atoms with Crippen LogP contribution in [0.15, 0.2) is 36.5 Å². The number of hydrogen-bond acceptors (Lipinski definition) is 4. The van der Waals surface area contributed by atoms with Gasteiger partial charge in [0.15, 0.2) is 5.65 Å². The van der Waals surface area contributed by atoms with E-state index in [1.54, 1.807) is 19.2 Å². The Balaban J connectivity index is 1.39. The maximum atomic E-state index is 14.0. The number of rotatable bonds is 5. The fourth-order valence-electron chi connectivity index (χ4n) is 4.72. The molecule has 10 heteroatoms. The van der Waals surface area contributed by atoms with Gasteiger partial charge in [-0.25, -0.2) is 8.78 Å². The lowest BCUT2D eigenvalue weighted by molar-refractivity contribution is -0.138. The lowest BCUT2D eigenvalue weighted by Gasteiger charge is -2.39. The van der Waals surface area contributed by atoms with Crippen LogP contribution in [0.25, 0.3) is 5.65 Å². The van der Waals surface area contributed by atoms with Crippen LogP contribution in [-0.4, -0.2) is 34.0 Å². The van der Waals surface area contributed by atoms with Crippen LogP contribution in [-0.2, 0) is 16.5 Å². The molecule has 0 radical (unpaired) electrons. The third kappa shape index (κ3) is 3.94. The Bertz CT molecular complexity index is 1150. The maximum absolute atomic E-state index is 14.0. The molecule has 2 heterocycles. The summed E-state index contributed by atoms with van der Waals surface area (Å²) in [5.41, 5.74) is -1.21. The quantitative estimate of drug-likeness (QED) is 0.460. The number of methoxy groups -OCH3 is 1. The maximum Gasteiger partial charge on any atom is 0.423 e. The van der Waals surface area contributed by atoms with Gasteiger partial charge in [-0.05, 0) is 55.9 Å². The minimum atomic E-state index is -4.72. The van der Waals surface area contributed by atoms with E-state index in [-0.39, 0.29) is 29.5 Å². The highest BCUT2D eigenvalue weighted by molar-refractivity contribution is 5.57. The summed E-state index contributed by atoms with van der Waals surface area (Å²) in [6.45, 7) is 0. The molecule has 2 saturated carbocycles. The molecule has 0 bridgehead atoms. The summed E-state index contributed by atoms with van der Waals surface area (Å²) in [5.74, 6) is -1.01. The average Bonchev–Trinajstić information content (AvgIpc) is 3.36. The minimum absolute atomic E-state index is 0.191. The van der Waals surface area contributed by atoms with Crippen LogP contribution in [0.4, 0.5) is 22.0 Å². The third-order valence-electron chi connectivity index (χ3n) is 6.69. The predicted octanol–water partition coefficient (Wildman–Crippen LogP) is 5.58. The van der Waals surface area contributed by atoms with E-state index in [0.29, 0.717) is 25.7 Å². The predicted molar refractivity (Wildman–Crippen MR) is 108 cm³/mol. The summed E-state index contributed by atoms with van der Waals surface area (Å²) < 4.78 is 81.5. The normalized spacial score (nSPS) is 27.6. The topological polar surface area (TPSA) is 48.7 Å². The number of nitrogens with zero attached hydrogens (tertiary/aromatic N) is 3. The molecule has 0 saturated heterocycles. The molecule has 2 aromatic heterocycles. The van der Waals surface area contributed by atoms with Crippen molar-refractivity contribution >= 4 is 5.65 Å². The van der Waals surface area contributed by atoms with E-state index in [9.17, 15) is 22.0 Å². The molecule has 2 aliphatic rings. The van der Waals surface area contributed by atoms with Crippen LogP contribution in [0.1, 0.15) is 55.0 Å². The molecule has 0 unspecified atom stereocenters. The second kappa shape index (κ2) is 7.93. The molecular weight excluding hydrogens is 445 g/mol. The summed E-state index contributed by atoms with van der Waals surface area (Å²) in [6, 6.07) is 7.31. The van der Waals surface area contributed by atoms with Gasteiger partial charge in [0, 0.05) is 13.3 Å². The van der Waals surface area contributed by atoms with Gasteiger partial charge in [0.2, 0.25) is 0 Å². The molecule has 2 atom stereocenters. The molecule has 2 aliphatic carbocycles. The van der Waals surface area contributed by atoms with Crippen LogP contribution in [0, 0.1) is 5.82 Å². The molecule has 0 N–H and O–H groups in total. The van der Waals surface area contributed by atoms with Crippen molar-refractivity contribution in [2.75, 3.05) is 7.11 Å². The van der Waals surface area contributed by atoms with Gasteiger partial charge in [-0.15, -0.1) is 10.2 Å². The molecule has 0 aliphatic heterocycles. The van der Waals surface area contributed by atoms with Crippen LogP contribution >= 0.6 is 0 Å². The zero-order valence-electron chi connectivity index (χ0n) is 17.8. The molecule has 5 nitrogen and oxygen atoms in total. The molecule has 2 fully saturated rings. The SMILES string of the molecule is CO[C@]1(c2ccc(F)cc2)CC[C@@H](Oc2ccn3c([C@H]4C[C@@H]4F)nnc3c2C(F)(F)F)CC1. The van der Waals surface area contributed by atoms with Crippen molar-refractivity contribution < 1.29 is 31.4 Å². The van der Waals surface area contributed by atoms with Gasteiger partial charge in [0.25, 0.3) is 0 Å². The van der Waals surface area contributed by atoms with Crippen molar-refractivity contribution in [3.05, 3.63) is 59.3 Å². The van der Waals surface area contributed by atoms with E-state index < -0.39 is 35.5 Å². The van der Waals surface area contributed by atoms with Gasteiger partial charge < -0.3 is 9.47 Å². The fourth-order valence-corrected chi connectivity index (χ4v) is 4.72. The Labute approximate surface area is 186 Å². The highest BCUT2D eigenvalue weighted by Gasteiger charge is 2.45. The largest absolute Gasteiger partial charge is 0.490 e. The van der Waals surface area contributed by atoms with Gasteiger partial charge in [-0.1, -0.05) is 12.1 Å². The van der Waals surface area contributed by atoms with Gasteiger partial charge in [0.1, 0.15) is 29.1 Å². The number of aromatic nitrogens is 3. The Morgan fingerprint density at radius 2 is 1.73 bits per heavy atom. The summed E-state index contributed by atoms with van der Waals surface area (Å²) in [4.78, 5) is 0. The standard InChI is InChI=1S/C23H22F5N3O2/c1-32-22(13-2-4-14(24)5-3-13)9-6-15(7-10-22)33-18-8-11-31-20(16-12-17(16)25)29-30-21(31)19(18)23(26,27)28/h2-5,8,11,15-17H,6-7,9-10,12H2,1H3/t15-,16-,17-,22-/m0/s1. The van der Waals surface area contributed by atoms with E-state index in [2.05, 4.69) is 10.2 Å². The molecule has 33 heavy (non-hydrogen) atoms. The molecule has 3 aromatic rings. The lowest BCUT2D eigenvalue weighted by atomic mass is 9.78. The van der Waals surface area contributed by atoms with E-state index in [4.69, 9.17) is 9.47 Å². The molecule has 0 amide bonds. The first-order valence-electron chi connectivity index (χ1n) is 10.8. The number of halogens is 5. The van der Waals surface area contributed by atoms with E-state index in [1.165, 1.54) is 28.8 Å². The highest BCUT2D eigenvalue weighted by Crippen LogP contribution is 2.46. The second-order valence-electron chi connectivity index (χ2n) is 8.69. The smallest absolute Gasteiger partial charge is 0.423 e. The third-order valence-corrected chi connectivity index (χ3v) is 6.69. The van der Waals surface area contributed by atoms with Gasteiger partial charge in [-0.2, -0.15) is 13.2 Å². The van der Waals surface area contributed by atoms with Crippen molar-refractivity contribution in [3.63, 3.8) is 0 Å². The number of pyridine rings is 1. The van der Waals surface area contributed by atoms with Gasteiger partial charge >= 0.3 is 6.18 Å². The van der Waals surface area contributed by atoms with Crippen molar-refractivity contribution in [2.24, 2.45) is 0 Å². The fraction of sp³-hybridized carbons (Fsp3) is 0.478. The Kier molecular flexibility index (Phi) is 5.30. The number of benzene rings is 1. The number of ether oxygens (including phenoxy) is 2.